The second-order valence-corrected chi connectivity index (χ2v) is 4.44. The Bertz CT molecular complexity index is 511. The molecule has 102 valence electrons. The molecule has 0 radical (unpaired) electrons. The normalized spacial score (nSPS) is 12.3. The monoisotopic (exact) mass is 261 g/mol. The first-order valence-corrected chi connectivity index (χ1v) is 6.27. The molecule has 0 aliphatic heterocycles. The average Bonchev–Trinajstić information content (AvgIpc) is 2.94. The number of hydrogen-bond acceptors (Lipinski definition) is 4. The summed E-state index contributed by atoms with van der Waals surface area (Å²) in [5.74, 6) is 0. The van der Waals surface area contributed by atoms with Crippen LogP contribution >= 0.6 is 0 Å². The van der Waals surface area contributed by atoms with E-state index in [1.807, 2.05) is 36.5 Å². The molecular formula is C14H19N3O2. The molecule has 0 aliphatic carbocycles. The number of hydrogen-bond donors (Lipinski definition) is 5. The predicted molar refractivity (Wildman–Crippen MR) is 76.8 cm³/mol. The zero-order chi connectivity index (χ0) is 13.7. The summed E-state index contributed by atoms with van der Waals surface area (Å²) in [5, 5.41) is 21.2. The Hall–Kier alpha value is -1.98. The van der Waals surface area contributed by atoms with Crippen molar-refractivity contribution in [2.75, 3.05) is 24.2 Å². The second kappa shape index (κ2) is 6.26. The zero-order valence-electron chi connectivity index (χ0n) is 10.6. The van der Waals surface area contributed by atoms with Crippen LogP contribution in [0, 0.1) is 0 Å². The van der Waals surface area contributed by atoms with Gasteiger partial charge in [-0.25, -0.2) is 0 Å². The summed E-state index contributed by atoms with van der Waals surface area (Å²) >= 11 is 0. The fraction of sp³-hybridized carbons (Fsp3) is 0.286. The largest absolute Gasteiger partial charge is 0.398 e. The highest BCUT2D eigenvalue weighted by Crippen LogP contribution is 2.27. The van der Waals surface area contributed by atoms with Crippen molar-refractivity contribution in [3.8, 4) is 11.3 Å². The van der Waals surface area contributed by atoms with Gasteiger partial charge in [-0.15, -0.1) is 0 Å². The van der Waals surface area contributed by atoms with Crippen LogP contribution in [-0.4, -0.2) is 34.5 Å². The van der Waals surface area contributed by atoms with Crippen molar-refractivity contribution in [1.82, 2.24) is 4.98 Å². The van der Waals surface area contributed by atoms with Gasteiger partial charge in [0.15, 0.2) is 0 Å². The maximum Gasteiger partial charge on any atom is 0.0787 e. The second-order valence-electron chi connectivity index (χ2n) is 4.44. The van der Waals surface area contributed by atoms with E-state index in [1.54, 1.807) is 0 Å². The lowest BCUT2D eigenvalue weighted by Gasteiger charge is -2.11. The zero-order valence-corrected chi connectivity index (χ0v) is 10.6. The molecule has 5 nitrogen and oxygen atoms in total. The molecule has 2 rings (SSSR count). The number of aromatic nitrogens is 1. The molecule has 0 spiro atoms. The van der Waals surface area contributed by atoms with Gasteiger partial charge >= 0.3 is 0 Å². The Morgan fingerprint density at radius 1 is 1.32 bits per heavy atom. The molecule has 19 heavy (non-hydrogen) atoms. The summed E-state index contributed by atoms with van der Waals surface area (Å²) in [6, 6.07) is 9.60. The van der Waals surface area contributed by atoms with Crippen molar-refractivity contribution in [2.45, 2.75) is 12.5 Å². The van der Waals surface area contributed by atoms with E-state index in [0.29, 0.717) is 18.7 Å². The average molecular weight is 261 g/mol. The number of aliphatic hydroxyl groups excluding tert-OH is 2. The first kappa shape index (κ1) is 13.5. The predicted octanol–water partition coefficient (Wildman–Crippen LogP) is 1.42. The number of nitrogens with one attached hydrogen (secondary N) is 2. The molecule has 0 saturated carbocycles. The van der Waals surface area contributed by atoms with Crippen LogP contribution in [0.4, 0.5) is 11.4 Å². The van der Waals surface area contributed by atoms with Gasteiger partial charge in [-0.3, -0.25) is 0 Å². The fourth-order valence-electron chi connectivity index (χ4n) is 1.87. The SMILES string of the molecule is Nc1ccc(NCCC(O)CO)cc1-c1ccc[nH]1. The highest BCUT2D eigenvalue weighted by atomic mass is 16.3. The van der Waals surface area contributed by atoms with E-state index in [4.69, 9.17) is 10.8 Å². The molecule has 1 unspecified atom stereocenters. The van der Waals surface area contributed by atoms with Crippen molar-refractivity contribution >= 4 is 11.4 Å². The van der Waals surface area contributed by atoms with Gasteiger partial charge in [-0.1, -0.05) is 0 Å². The van der Waals surface area contributed by atoms with Crippen LogP contribution in [0.5, 0.6) is 0 Å². The molecular weight excluding hydrogens is 242 g/mol. The molecule has 1 aromatic carbocycles. The van der Waals surface area contributed by atoms with E-state index < -0.39 is 6.10 Å². The molecule has 1 aromatic heterocycles. The number of rotatable bonds is 6. The van der Waals surface area contributed by atoms with Gasteiger partial charge in [-0.05, 0) is 36.8 Å². The maximum atomic E-state index is 9.27. The standard InChI is InChI=1S/C14H19N3O2/c15-13-4-3-10(16-7-5-11(19)9-18)8-12(13)14-2-1-6-17-14/h1-4,6,8,11,16-19H,5,7,9,15H2. The van der Waals surface area contributed by atoms with E-state index in [0.717, 1.165) is 16.9 Å². The minimum absolute atomic E-state index is 0.211. The number of benzene rings is 1. The first-order valence-electron chi connectivity index (χ1n) is 6.27. The van der Waals surface area contributed by atoms with Crippen molar-refractivity contribution in [1.29, 1.82) is 0 Å². The third kappa shape index (κ3) is 3.49. The summed E-state index contributed by atoms with van der Waals surface area (Å²) < 4.78 is 0. The number of nitrogen functional groups attached to an aromatic ring is 1. The highest BCUT2D eigenvalue weighted by Gasteiger charge is 2.05. The third-order valence-electron chi connectivity index (χ3n) is 2.96. The Labute approximate surface area is 112 Å². The topological polar surface area (TPSA) is 94.3 Å². The van der Waals surface area contributed by atoms with Crippen molar-refractivity contribution in [3.05, 3.63) is 36.5 Å². The Morgan fingerprint density at radius 3 is 2.84 bits per heavy atom. The Morgan fingerprint density at radius 2 is 2.16 bits per heavy atom. The number of nitrogens with two attached hydrogens (primary N) is 1. The molecule has 2 aromatic rings. The minimum Gasteiger partial charge on any atom is -0.398 e. The van der Waals surface area contributed by atoms with Crippen molar-refractivity contribution < 1.29 is 10.2 Å². The van der Waals surface area contributed by atoms with E-state index in [-0.39, 0.29) is 6.61 Å². The van der Waals surface area contributed by atoms with Crippen LogP contribution in [0.1, 0.15) is 6.42 Å². The van der Waals surface area contributed by atoms with E-state index >= 15 is 0 Å². The Balaban J connectivity index is 2.05. The fourth-order valence-corrected chi connectivity index (χ4v) is 1.87. The number of H-pyrrole nitrogens is 1. The van der Waals surface area contributed by atoms with Crippen molar-refractivity contribution in [3.63, 3.8) is 0 Å². The molecule has 0 bridgehead atoms. The highest BCUT2D eigenvalue weighted by molar-refractivity contribution is 5.77. The lowest BCUT2D eigenvalue weighted by Crippen LogP contribution is -2.16. The van der Waals surface area contributed by atoms with E-state index in [2.05, 4.69) is 10.3 Å². The summed E-state index contributed by atoms with van der Waals surface area (Å²) in [6.45, 7) is 0.382. The van der Waals surface area contributed by atoms with Crippen LogP contribution in [0.15, 0.2) is 36.5 Å². The van der Waals surface area contributed by atoms with Crippen LogP contribution in [0.25, 0.3) is 11.3 Å². The molecule has 1 heterocycles. The minimum atomic E-state index is -0.677. The van der Waals surface area contributed by atoms with Crippen LogP contribution < -0.4 is 11.1 Å². The van der Waals surface area contributed by atoms with Gasteiger partial charge in [0.1, 0.15) is 0 Å². The lowest BCUT2D eigenvalue weighted by atomic mass is 10.1. The van der Waals surface area contributed by atoms with E-state index in [1.165, 1.54) is 0 Å². The lowest BCUT2D eigenvalue weighted by molar-refractivity contribution is 0.0911. The Kier molecular flexibility index (Phi) is 4.43. The van der Waals surface area contributed by atoms with Crippen LogP contribution in [-0.2, 0) is 0 Å². The van der Waals surface area contributed by atoms with Gasteiger partial charge < -0.3 is 26.2 Å². The smallest absolute Gasteiger partial charge is 0.0787 e. The van der Waals surface area contributed by atoms with E-state index in [9.17, 15) is 5.11 Å². The molecule has 5 heteroatoms. The summed E-state index contributed by atoms with van der Waals surface area (Å²) in [7, 11) is 0. The van der Waals surface area contributed by atoms with Gasteiger partial charge in [0.25, 0.3) is 0 Å². The number of aromatic amines is 1. The summed E-state index contributed by atoms with van der Waals surface area (Å²) in [4.78, 5) is 3.12. The maximum absolute atomic E-state index is 9.27. The molecule has 6 N–H and O–H groups in total. The third-order valence-corrected chi connectivity index (χ3v) is 2.96. The van der Waals surface area contributed by atoms with Crippen molar-refractivity contribution in [2.24, 2.45) is 0 Å². The summed E-state index contributed by atoms with van der Waals surface area (Å²) in [6.07, 6.45) is 1.68. The van der Waals surface area contributed by atoms with Gasteiger partial charge in [0.2, 0.25) is 0 Å². The number of aliphatic hydroxyl groups is 2. The molecule has 0 aliphatic rings. The molecule has 0 saturated heterocycles. The first-order chi connectivity index (χ1) is 9.20. The molecule has 0 fully saturated rings. The van der Waals surface area contributed by atoms with Crippen LogP contribution in [0.2, 0.25) is 0 Å². The number of anilines is 2. The summed E-state index contributed by atoms with van der Waals surface area (Å²) in [5.41, 5.74) is 9.52. The molecule has 1 atom stereocenters. The molecule has 0 amide bonds. The van der Waals surface area contributed by atoms with Gasteiger partial charge in [-0.2, -0.15) is 0 Å². The van der Waals surface area contributed by atoms with Crippen LogP contribution in [0.3, 0.4) is 0 Å². The van der Waals surface area contributed by atoms with Gasteiger partial charge in [0, 0.05) is 35.4 Å². The quantitative estimate of drug-likeness (QED) is 0.508. The van der Waals surface area contributed by atoms with Gasteiger partial charge in [0.05, 0.1) is 12.7 Å².